The number of aryl methyl sites for hydroxylation is 1. The van der Waals surface area contributed by atoms with Gasteiger partial charge in [-0.3, -0.25) is 9.69 Å². The molecule has 0 radical (unpaired) electrons. The molecule has 0 saturated carbocycles. The van der Waals surface area contributed by atoms with Crippen molar-refractivity contribution in [1.82, 2.24) is 0 Å². The molecule has 2 aromatic rings. The molecule has 0 bridgehead atoms. The first kappa shape index (κ1) is 17.1. The average molecular weight is 342 g/mol. The molecule has 0 saturated heterocycles. The first-order valence-electron chi connectivity index (χ1n) is 8.44. The number of fused-ring (bicyclic) bond motifs is 1. The number of furan rings is 1. The number of benzene rings is 1. The lowest BCUT2D eigenvalue weighted by molar-refractivity contribution is -0.117. The molecular weight excluding hydrogens is 320 g/mol. The summed E-state index contributed by atoms with van der Waals surface area (Å²) in [6.07, 6.45) is 0.407. The van der Waals surface area contributed by atoms with E-state index in [9.17, 15) is 9.59 Å². The van der Waals surface area contributed by atoms with E-state index in [0.29, 0.717) is 24.6 Å². The molecule has 0 spiro atoms. The SMILES string of the molecule is CCOC(=O)N1CCc2cc(NC(=O)[C@@H](C)c3ccc(C)o3)ccc21. The number of amides is 2. The fourth-order valence-corrected chi connectivity index (χ4v) is 2.94. The maximum atomic E-state index is 12.4. The minimum atomic E-state index is -0.377. The predicted octanol–water partition coefficient (Wildman–Crippen LogP) is 3.85. The first-order chi connectivity index (χ1) is 12.0. The molecule has 6 heteroatoms. The molecule has 0 unspecified atom stereocenters. The van der Waals surface area contributed by atoms with Crippen LogP contribution in [-0.4, -0.2) is 25.2 Å². The summed E-state index contributed by atoms with van der Waals surface area (Å²) >= 11 is 0. The van der Waals surface area contributed by atoms with Crippen LogP contribution in [0.4, 0.5) is 16.2 Å². The quantitative estimate of drug-likeness (QED) is 0.916. The Hall–Kier alpha value is -2.76. The van der Waals surface area contributed by atoms with Gasteiger partial charge < -0.3 is 14.5 Å². The Kier molecular flexibility index (Phi) is 4.79. The number of nitrogens with one attached hydrogen (secondary N) is 1. The van der Waals surface area contributed by atoms with Crippen LogP contribution in [0.15, 0.2) is 34.7 Å². The molecule has 1 aliphatic heterocycles. The molecule has 1 aromatic carbocycles. The Bertz CT molecular complexity index is 796. The van der Waals surface area contributed by atoms with Gasteiger partial charge in [0.1, 0.15) is 11.5 Å². The molecule has 6 nitrogen and oxygen atoms in total. The Morgan fingerprint density at radius 2 is 2.12 bits per heavy atom. The fourth-order valence-electron chi connectivity index (χ4n) is 2.94. The molecule has 1 aliphatic rings. The van der Waals surface area contributed by atoms with Crippen molar-refractivity contribution in [2.24, 2.45) is 0 Å². The zero-order valence-corrected chi connectivity index (χ0v) is 14.7. The van der Waals surface area contributed by atoms with Gasteiger partial charge in [-0.2, -0.15) is 0 Å². The Morgan fingerprint density at radius 3 is 2.80 bits per heavy atom. The minimum absolute atomic E-state index is 0.130. The van der Waals surface area contributed by atoms with E-state index in [1.807, 2.05) is 38.1 Å². The third kappa shape index (κ3) is 3.52. The van der Waals surface area contributed by atoms with Crippen molar-refractivity contribution >= 4 is 23.4 Å². The van der Waals surface area contributed by atoms with Gasteiger partial charge in [0.15, 0.2) is 0 Å². The third-order valence-electron chi connectivity index (χ3n) is 4.31. The van der Waals surface area contributed by atoms with E-state index in [2.05, 4.69) is 5.32 Å². The van der Waals surface area contributed by atoms with Crippen LogP contribution in [0.25, 0.3) is 0 Å². The van der Waals surface area contributed by atoms with Gasteiger partial charge in [0.25, 0.3) is 0 Å². The highest BCUT2D eigenvalue weighted by atomic mass is 16.6. The Balaban J connectivity index is 1.71. The van der Waals surface area contributed by atoms with Gasteiger partial charge in [-0.1, -0.05) is 0 Å². The zero-order valence-electron chi connectivity index (χ0n) is 14.7. The van der Waals surface area contributed by atoms with Crippen molar-refractivity contribution in [2.75, 3.05) is 23.4 Å². The normalized spacial score (nSPS) is 14.1. The van der Waals surface area contributed by atoms with Crippen molar-refractivity contribution in [3.8, 4) is 0 Å². The van der Waals surface area contributed by atoms with Crippen LogP contribution < -0.4 is 10.2 Å². The highest BCUT2D eigenvalue weighted by molar-refractivity contribution is 5.96. The summed E-state index contributed by atoms with van der Waals surface area (Å²) in [5, 5.41) is 2.91. The van der Waals surface area contributed by atoms with Crippen LogP contribution in [0, 0.1) is 6.92 Å². The molecule has 1 N–H and O–H groups in total. The monoisotopic (exact) mass is 342 g/mol. The molecule has 132 valence electrons. The van der Waals surface area contributed by atoms with Gasteiger partial charge in [-0.25, -0.2) is 4.79 Å². The average Bonchev–Trinajstić information content (AvgIpc) is 3.20. The van der Waals surface area contributed by atoms with Crippen molar-refractivity contribution in [1.29, 1.82) is 0 Å². The lowest BCUT2D eigenvalue weighted by Crippen LogP contribution is -2.29. The standard InChI is InChI=1S/C19H22N2O4/c1-4-24-19(23)21-10-9-14-11-15(6-7-16(14)21)20-18(22)13(3)17-8-5-12(2)25-17/h5-8,11,13H,4,9-10H2,1-3H3,(H,20,22)/t13-/m0/s1. The van der Waals surface area contributed by atoms with Crippen molar-refractivity contribution in [2.45, 2.75) is 33.1 Å². The summed E-state index contributed by atoms with van der Waals surface area (Å²) in [7, 11) is 0. The molecule has 1 atom stereocenters. The number of hydrogen-bond donors (Lipinski definition) is 1. The summed E-state index contributed by atoms with van der Waals surface area (Å²) in [5.74, 6) is 0.920. The van der Waals surface area contributed by atoms with Crippen LogP contribution in [0.5, 0.6) is 0 Å². The highest BCUT2D eigenvalue weighted by Gasteiger charge is 2.26. The van der Waals surface area contributed by atoms with E-state index in [1.165, 1.54) is 0 Å². The molecule has 0 fully saturated rings. The highest BCUT2D eigenvalue weighted by Crippen LogP contribution is 2.31. The number of carbonyl (C=O) groups excluding carboxylic acids is 2. The van der Waals surface area contributed by atoms with E-state index in [-0.39, 0.29) is 17.9 Å². The van der Waals surface area contributed by atoms with Gasteiger partial charge in [0.05, 0.1) is 18.2 Å². The van der Waals surface area contributed by atoms with Gasteiger partial charge in [0, 0.05) is 12.2 Å². The maximum Gasteiger partial charge on any atom is 0.414 e. The summed E-state index contributed by atoms with van der Waals surface area (Å²) in [6, 6.07) is 9.22. The number of ether oxygens (including phenoxy) is 1. The summed E-state index contributed by atoms with van der Waals surface area (Å²) in [5.41, 5.74) is 2.57. The summed E-state index contributed by atoms with van der Waals surface area (Å²) in [4.78, 5) is 26.0. The topological polar surface area (TPSA) is 71.8 Å². The fraction of sp³-hybridized carbons (Fsp3) is 0.368. The van der Waals surface area contributed by atoms with Crippen LogP contribution >= 0.6 is 0 Å². The second-order valence-corrected chi connectivity index (χ2v) is 6.10. The molecule has 0 aliphatic carbocycles. The first-order valence-corrected chi connectivity index (χ1v) is 8.44. The minimum Gasteiger partial charge on any atom is -0.466 e. The maximum absolute atomic E-state index is 12.4. The molecular formula is C19H22N2O4. The van der Waals surface area contributed by atoms with Crippen molar-refractivity contribution < 1.29 is 18.7 Å². The number of rotatable bonds is 4. The number of carbonyl (C=O) groups is 2. The molecule has 2 amide bonds. The van der Waals surface area contributed by atoms with Crippen LogP contribution in [0.1, 0.15) is 36.8 Å². The van der Waals surface area contributed by atoms with E-state index >= 15 is 0 Å². The lowest BCUT2D eigenvalue weighted by atomic mass is 10.1. The van der Waals surface area contributed by atoms with E-state index in [1.54, 1.807) is 17.9 Å². The molecule has 1 aromatic heterocycles. The van der Waals surface area contributed by atoms with Crippen LogP contribution in [0.3, 0.4) is 0 Å². The smallest absolute Gasteiger partial charge is 0.414 e. The van der Waals surface area contributed by atoms with Crippen molar-refractivity contribution in [3.05, 3.63) is 47.4 Å². The second-order valence-electron chi connectivity index (χ2n) is 6.10. The van der Waals surface area contributed by atoms with E-state index in [0.717, 1.165) is 23.4 Å². The van der Waals surface area contributed by atoms with Crippen molar-refractivity contribution in [3.63, 3.8) is 0 Å². The molecule has 25 heavy (non-hydrogen) atoms. The Labute approximate surface area is 146 Å². The lowest BCUT2D eigenvalue weighted by Gasteiger charge is -2.17. The summed E-state index contributed by atoms with van der Waals surface area (Å²) in [6.45, 7) is 6.39. The zero-order chi connectivity index (χ0) is 18.0. The number of anilines is 2. The van der Waals surface area contributed by atoms with Crippen LogP contribution in [0.2, 0.25) is 0 Å². The Morgan fingerprint density at radius 1 is 1.32 bits per heavy atom. The van der Waals surface area contributed by atoms with Gasteiger partial charge in [0.2, 0.25) is 5.91 Å². The number of nitrogens with zero attached hydrogens (tertiary/aromatic N) is 1. The van der Waals surface area contributed by atoms with Gasteiger partial charge >= 0.3 is 6.09 Å². The van der Waals surface area contributed by atoms with E-state index in [4.69, 9.17) is 9.15 Å². The molecule has 3 rings (SSSR count). The van der Waals surface area contributed by atoms with Gasteiger partial charge in [-0.15, -0.1) is 0 Å². The largest absolute Gasteiger partial charge is 0.466 e. The molecule has 2 heterocycles. The van der Waals surface area contributed by atoms with E-state index < -0.39 is 0 Å². The predicted molar refractivity (Wildman–Crippen MR) is 95.0 cm³/mol. The second kappa shape index (κ2) is 7.01. The van der Waals surface area contributed by atoms with Crippen LogP contribution in [-0.2, 0) is 16.0 Å². The number of hydrogen-bond acceptors (Lipinski definition) is 4. The third-order valence-corrected chi connectivity index (χ3v) is 4.31. The van der Waals surface area contributed by atoms with Gasteiger partial charge in [-0.05, 0) is 63.1 Å². The summed E-state index contributed by atoms with van der Waals surface area (Å²) < 4.78 is 10.6.